The molecule has 0 aromatic heterocycles. The quantitative estimate of drug-likeness (QED) is 0.197. The minimum atomic E-state index is 0.670. The number of quaternary nitrogens is 2. The Morgan fingerprint density at radius 1 is 0.385 bits per heavy atom. The summed E-state index contributed by atoms with van der Waals surface area (Å²) in [6, 6.07) is 43.0. The monoisotopic (exact) mass is 510 g/mol. The van der Waals surface area contributed by atoms with E-state index in [1.54, 1.807) is 0 Å². The van der Waals surface area contributed by atoms with Gasteiger partial charge in [0.1, 0.15) is 45.0 Å². The van der Waals surface area contributed by atoms with Gasteiger partial charge in [0.05, 0.1) is 12.4 Å². The van der Waals surface area contributed by atoms with E-state index in [1.165, 1.54) is 22.3 Å². The van der Waals surface area contributed by atoms with E-state index in [0.717, 1.165) is 37.9 Å². The van der Waals surface area contributed by atoms with Crippen LogP contribution in [0.2, 0.25) is 0 Å². The normalized spacial score (nSPS) is 16.7. The van der Waals surface area contributed by atoms with Crippen molar-refractivity contribution in [1.82, 2.24) is 0 Å². The molecule has 0 N–H and O–H groups in total. The van der Waals surface area contributed by atoms with Crippen molar-refractivity contribution in [3.05, 3.63) is 168 Å². The topological polar surface area (TPSA) is 24.7 Å². The second kappa shape index (κ2) is 11.2. The maximum atomic E-state index is 5.01. The van der Waals surface area contributed by atoms with Gasteiger partial charge in [0.15, 0.2) is 0 Å². The highest BCUT2D eigenvalue weighted by Crippen LogP contribution is 2.32. The summed E-state index contributed by atoms with van der Waals surface area (Å²) in [5.74, 6) is 2.27. The van der Waals surface area contributed by atoms with E-state index in [4.69, 9.17) is 9.98 Å². The third-order valence-electron chi connectivity index (χ3n) is 7.73. The van der Waals surface area contributed by atoms with Gasteiger partial charge < -0.3 is 0 Å². The first-order valence-corrected chi connectivity index (χ1v) is 13.6. The smallest absolute Gasteiger partial charge is 0.220 e. The Kier molecular flexibility index (Phi) is 7.13. The van der Waals surface area contributed by atoms with Gasteiger partial charge in [-0.2, -0.15) is 0 Å². The summed E-state index contributed by atoms with van der Waals surface area (Å²) in [5, 5.41) is 0. The summed E-state index contributed by atoms with van der Waals surface area (Å²) in [7, 11) is 0. The molecule has 0 saturated heterocycles. The average molecular weight is 511 g/mol. The molecular formula is C35H34N4+2. The predicted molar refractivity (Wildman–Crippen MR) is 159 cm³/mol. The average Bonchev–Trinajstić information content (AvgIpc) is 3.54. The predicted octanol–water partition coefficient (Wildman–Crippen LogP) is 7.58. The fraction of sp³-hybridized carbons (Fsp3) is 0.143. The number of hydrogen-bond donors (Lipinski definition) is 0. The number of nitrogens with zero attached hydrogens (tertiary/aromatic N) is 4. The molecule has 2 aliphatic rings. The Morgan fingerprint density at radius 3 is 0.949 bits per heavy atom. The molecule has 39 heavy (non-hydrogen) atoms. The zero-order valence-electron chi connectivity index (χ0n) is 22.2. The summed E-state index contributed by atoms with van der Waals surface area (Å²) in [4.78, 5) is 10.0. The van der Waals surface area contributed by atoms with E-state index in [-0.39, 0.29) is 0 Å². The van der Waals surface area contributed by atoms with Crippen LogP contribution in [0.5, 0.6) is 0 Å². The second-order valence-corrected chi connectivity index (χ2v) is 10.5. The molecule has 192 valence electrons. The van der Waals surface area contributed by atoms with E-state index in [0.29, 0.717) is 15.4 Å². The van der Waals surface area contributed by atoms with Crippen LogP contribution in [0.15, 0.2) is 156 Å². The lowest BCUT2D eigenvalue weighted by Gasteiger charge is -2.36. The summed E-state index contributed by atoms with van der Waals surface area (Å²) >= 11 is 0. The molecule has 4 aromatic carbocycles. The molecule has 0 atom stereocenters. The zero-order valence-corrected chi connectivity index (χ0v) is 22.2. The fourth-order valence-electron chi connectivity index (χ4n) is 5.77. The number of rotatable bonds is 10. The highest BCUT2D eigenvalue weighted by atomic mass is 15.4. The SMILES string of the molecule is C1=C[N+](Cc2ccccc2)(Cc2ccccc2)C(CC2=NC=C[N+]2(Cc2ccccc2)Cc2ccccc2)=N1. The molecule has 4 heteroatoms. The third-order valence-corrected chi connectivity index (χ3v) is 7.73. The molecule has 4 nitrogen and oxygen atoms in total. The Labute approximate surface area is 231 Å². The van der Waals surface area contributed by atoms with Crippen molar-refractivity contribution < 1.29 is 8.97 Å². The lowest BCUT2D eigenvalue weighted by Crippen LogP contribution is -2.51. The van der Waals surface area contributed by atoms with Gasteiger partial charge in [0.2, 0.25) is 11.7 Å². The largest absolute Gasteiger partial charge is 0.243 e. The molecule has 0 fully saturated rings. The van der Waals surface area contributed by atoms with Crippen molar-refractivity contribution >= 4 is 11.7 Å². The van der Waals surface area contributed by atoms with Gasteiger partial charge in [0.25, 0.3) is 0 Å². The summed E-state index contributed by atoms with van der Waals surface area (Å²) < 4.78 is 1.34. The molecule has 6 rings (SSSR count). The van der Waals surface area contributed by atoms with E-state index in [2.05, 4.69) is 134 Å². The van der Waals surface area contributed by atoms with Crippen molar-refractivity contribution in [1.29, 1.82) is 0 Å². The fourth-order valence-corrected chi connectivity index (χ4v) is 5.77. The molecule has 0 spiro atoms. The summed E-state index contributed by atoms with van der Waals surface area (Å²) in [5.41, 5.74) is 5.20. The first-order valence-electron chi connectivity index (χ1n) is 13.6. The minimum absolute atomic E-state index is 0.670. The van der Waals surface area contributed by atoms with Crippen molar-refractivity contribution in [3.8, 4) is 0 Å². The Hall–Kier alpha value is -4.38. The first kappa shape index (κ1) is 24.9. The van der Waals surface area contributed by atoms with Gasteiger partial charge in [0, 0.05) is 22.3 Å². The van der Waals surface area contributed by atoms with Crippen LogP contribution in [0.1, 0.15) is 28.7 Å². The lowest BCUT2D eigenvalue weighted by molar-refractivity contribution is -0.823. The van der Waals surface area contributed by atoms with Crippen molar-refractivity contribution in [2.75, 3.05) is 0 Å². The molecule has 0 aliphatic carbocycles. The molecule has 0 saturated carbocycles. The number of aliphatic imine (C=N–C) groups is 2. The molecule has 4 aromatic rings. The second-order valence-electron chi connectivity index (χ2n) is 10.5. The van der Waals surface area contributed by atoms with Gasteiger partial charge in [-0.05, 0) is 0 Å². The third kappa shape index (κ3) is 5.58. The van der Waals surface area contributed by atoms with Gasteiger partial charge in [-0.15, -0.1) is 0 Å². The Morgan fingerprint density at radius 2 is 0.667 bits per heavy atom. The van der Waals surface area contributed by atoms with Crippen molar-refractivity contribution in [2.24, 2.45) is 9.98 Å². The van der Waals surface area contributed by atoms with Crippen LogP contribution in [-0.2, 0) is 26.2 Å². The van der Waals surface area contributed by atoms with Crippen LogP contribution in [0.25, 0.3) is 0 Å². The standard InChI is InChI=1S/C35H34N4/c1-5-13-30(14-6-1)26-38(27-31-15-7-2-8-16-31)23-21-36-34(38)25-35-37-22-24-39(35,28-32-17-9-3-10-18-32)29-33-19-11-4-12-20-33/h1-24H,25-29H2/q+2. The van der Waals surface area contributed by atoms with Crippen molar-refractivity contribution in [3.63, 3.8) is 0 Å². The van der Waals surface area contributed by atoms with Crippen LogP contribution < -0.4 is 0 Å². The van der Waals surface area contributed by atoms with E-state index < -0.39 is 0 Å². The van der Waals surface area contributed by atoms with Crippen LogP contribution in [-0.4, -0.2) is 20.6 Å². The lowest BCUT2D eigenvalue weighted by atomic mass is 10.1. The molecule has 2 aliphatic heterocycles. The molecule has 0 bridgehead atoms. The number of amidine groups is 2. The van der Waals surface area contributed by atoms with E-state index >= 15 is 0 Å². The Balaban J connectivity index is 1.35. The van der Waals surface area contributed by atoms with Crippen LogP contribution in [0, 0.1) is 0 Å². The molecular weight excluding hydrogens is 476 g/mol. The van der Waals surface area contributed by atoms with Gasteiger partial charge >= 0.3 is 0 Å². The first-order chi connectivity index (χ1) is 19.2. The van der Waals surface area contributed by atoms with Gasteiger partial charge in [-0.3, -0.25) is 0 Å². The zero-order chi connectivity index (χ0) is 26.4. The van der Waals surface area contributed by atoms with Crippen LogP contribution >= 0.6 is 0 Å². The summed E-state index contributed by atoms with van der Waals surface area (Å²) in [6.45, 7) is 3.40. The maximum absolute atomic E-state index is 5.01. The van der Waals surface area contributed by atoms with Crippen molar-refractivity contribution in [2.45, 2.75) is 32.6 Å². The maximum Gasteiger partial charge on any atom is 0.220 e. The Bertz CT molecular complexity index is 1300. The van der Waals surface area contributed by atoms with Gasteiger partial charge in [-0.1, -0.05) is 121 Å². The molecule has 2 heterocycles. The van der Waals surface area contributed by atoms with Crippen LogP contribution in [0.4, 0.5) is 0 Å². The molecule has 0 radical (unpaired) electrons. The highest BCUT2D eigenvalue weighted by molar-refractivity contribution is 5.98. The van der Waals surface area contributed by atoms with E-state index in [9.17, 15) is 0 Å². The highest BCUT2D eigenvalue weighted by Gasteiger charge is 2.43. The molecule has 0 amide bonds. The van der Waals surface area contributed by atoms with E-state index in [1.807, 2.05) is 12.4 Å². The summed E-state index contributed by atoms with van der Waals surface area (Å²) in [6.07, 6.45) is 9.22. The van der Waals surface area contributed by atoms with Crippen LogP contribution in [0.3, 0.4) is 0 Å². The minimum Gasteiger partial charge on any atom is -0.243 e. The number of hydrogen-bond acceptors (Lipinski definition) is 2. The number of benzene rings is 4. The van der Waals surface area contributed by atoms with Gasteiger partial charge in [-0.25, -0.2) is 19.0 Å². The molecule has 0 unspecified atom stereocenters.